The van der Waals surface area contributed by atoms with Crippen molar-refractivity contribution in [1.82, 2.24) is 9.55 Å². The quantitative estimate of drug-likeness (QED) is 0.361. The Balaban J connectivity index is 1.34. The lowest BCUT2D eigenvalue weighted by molar-refractivity contribution is -0.384. The molecule has 1 aliphatic rings. The van der Waals surface area contributed by atoms with Gasteiger partial charge in [0, 0.05) is 51.9 Å². The highest BCUT2D eigenvalue weighted by Gasteiger charge is 2.16. The number of imidazole rings is 1. The molecule has 0 atom stereocenters. The van der Waals surface area contributed by atoms with Gasteiger partial charge in [0.15, 0.2) is 0 Å². The van der Waals surface area contributed by atoms with Crippen LogP contribution in [0.15, 0.2) is 54.7 Å². The molecular formula is C22H18N4O3S. The molecule has 0 spiro atoms. The number of non-ortho nitro benzene ring substituents is 1. The highest BCUT2D eigenvalue weighted by Crippen LogP contribution is 2.30. The number of nitrogens with zero attached hydrogens (tertiary/aromatic N) is 3. The second kappa shape index (κ2) is 7.38. The van der Waals surface area contributed by atoms with Gasteiger partial charge in [0.2, 0.25) is 0 Å². The van der Waals surface area contributed by atoms with E-state index in [0.29, 0.717) is 16.0 Å². The van der Waals surface area contributed by atoms with Crippen LogP contribution in [0.25, 0.3) is 21.5 Å². The number of aryl methyl sites for hydroxylation is 1. The van der Waals surface area contributed by atoms with Crippen molar-refractivity contribution in [3.05, 3.63) is 75.4 Å². The number of nitro groups is 1. The summed E-state index contributed by atoms with van der Waals surface area (Å²) in [5, 5.41) is 14.5. The summed E-state index contributed by atoms with van der Waals surface area (Å²) >= 11 is 1.31. The molecule has 30 heavy (non-hydrogen) atoms. The summed E-state index contributed by atoms with van der Waals surface area (Å²) in [5.41, 5.74) is 3.01. The number of nitro benzene ring substituents is 1. The third-order valence-electron chi connectivity index (χ3n) is 5.34. The smallest absolute Gasteiger partial charge is 0.270 e. The van der Waals surface area contributed by atoms with Gasteiger partial charge in [0.25, 0.3) is 11.6 Å². The molecular weight excluding hydrogens is 400 g/mol. The van der Waals surface area contributed by atoms with E-state index >= 15 is 0 Å². The maximum absolute atomic E-state index is 12.7. The summed E-state index contributed by atoms with van der Waals surface area (Å²) < 4.78 is 3.11. The molecule has 1 N–H and O–H groups in total. The molecule has 0 aliphatic carbocycles. The van der Waals surface area contributed by atoms with Crippen molar-refractivity contribution in [2.75, 3.05) is 5.32 Å². The van der Waals surface area contributed by atoms with Gasteiger partial charge in [0.05, 0.1) is 9.80 Å². The maximum atomic E-state index is 12.7. The average molecular weight is 418 g/mol. The number of aromatic nitrogens is 2. The molecule has 1 aliphatic heterocycles. The second-order valence-corrected chi connectivity index (χ2v) is 8.39. The van der Waals surface area contributed by atoms with E-state index in [-0.39, 0.29) is 11.6 Å². The standard InChI is InChI=1S/C22H18N4O3S/c27-22(20-12-15-11-17(26(28)29)8-9-19(15)30-20)24-16-6-4-14(5-7-16)21-23-13-18-3-1-2-10-25(18)21/h4-9,11-13H,1-3,10H2,(H,24,27). The number of carbonyl (C=O) groups is 1. The molecule has 5 rings (SSSR count). The van der Waals surface area contributed by atoms with E-state index in [2.05, 4.69) is 14.9 Å². The summed E-state index contributed by atoms with van der Waals surface area (Å²) in [6.45, 7) is 0.993. The zero-order valence-electron chi connectivity index (χ0n) is 16.0. The van der Waals surface area contributed by atoms with Crippen LogP contribution in [-0.2, 0) is 13.0 Å². The van der Waals surface area contributed by atoms with Gasteiger partial charge in [-0.05, 0) is 55.7 Å². The topological polar surface area (TPSA) is 90.1 Å². The van der Waals surface area contributed by atoms with E-state index in [1.54, 1.807) is 12.1 Å². The monoisotopic (exact) mass is 418 g/mol. The van der Waals surface area contributed by atoms with Crippen LogP contribution in [0.5, 0.6) is 0 Å². The number of anilines is 1. The predicted molar refractivity (Wildman–Crippen MR) is 117 cm³/mol. The van der Waals surface area contributed by atoms with Gasteiger partial charge >= 0.3 is 0 Å². The minimum absolute atomic E-state index is 0.0176. The van der Waals surface area contributed by atoms with E-state index in [9.17, 15) is 14.9 Å². The summed E-state index contributed by atoms with van der Waals surface area (Å²) in [6, 6.07) is 14.0. The Bertz CT molecular complexity index is 1270. The van der Waals surface area contributed by atoms with Crippen molar-refractivity contribution in [3.63, 3.8) is 0 Å². The molecule has 150 valence electrons. The van der Waals surface area contributed by atoms with Gasteiger partial charge < -0.3 is 9.88 Å². The Morgan fingerprint density at radius 3 is 2.77 bits per heavy atom. The van der Waals surface area contributed by atoms with Crippen LogP contribution in [0.2, 0.25) is 0 Å². The van der Waals surface area contributed by atoms with Gasteiger partial charge in [0.1, 0.15) is 5.82 Å². The van der Waals surface area contributed by atoms with Gasteiger partial charge in [-0.25, -0.2) is 4.98 Å². The van der Waals surface area contributed by atoms with Crippen LogP contribution >= 0.6 is 11.3 Å². The minimum Gasteiger partial charge on any atom is -0.328 e. The van der Waals surface area contributed by atoms with Crippen LogP contribution in [-0.4, -0.2) is 20.4 Å². The van der Waals surface area contributed by atoms with Crippen LogP contribution in [0, 0.1) is 10.1 Å². The van der Waals surface area contributed by atoms with E-state index in [4.69, 9.17) is 0 Å². The average Bonchev–Trinajstić information content (AvgIpc) is 3.38. The van der Waals surface area contributed by atoms with Gasteiger partial charge in [-0.3, -0.25) is 14.9 Å². The molecule has 3 heterocycles. The largest absolute Gasteiger partial charge is 0.328 e. The number of hydrogen-bond acceptors (Lipinski definition) is 5. The first-order valence-corrected chi connectivity index (χ1v) is 10.5. The van der Waals surface area contributed by atoms with Crippen molar-refractivity contribution in [2.24, 2.45) is 0 Å². The predicted octanol–water partition coefficient (Wildman–Crippen LogP) is 5.26. The molecule has 0 saturated carbocycles. The summed E-state index contributed by atoms with van der Waals surface area (Å²) in [4.78, 5) is 28.3. The number of fused-ring (bicyclic) bond motifs is 2. The summed E-state index contributed by atoms with van der Waals surface area (Å²) in [5.74, 6) is 0.735. The Labute approximate surface area is 176 Å². The fraction of sp³-hybridized carbons (Fsp3) is 0.182. The molecule has 7 nitrogen and oxygen atoms in total. The number of benzene rings is 2. The lowest BCUT2D eigenvalue weighted by atomic mass is 10.1. The second-order valence-electron chi connectivity index (χ2n) is 7.30. The Kier molecular flexibility index (Phi) is 4.55. The van der Waals surface area contributed by atoms with Gasteiger partial charge in [-0.1, -0.05) is 0 Å². The van der Waals surface area contributed by atoms with E-state index < -0.39 is 4.92 Å². The Morgan fingerprint density at radius 1 is 1.13 bits per heavy atom. The molecule has 1 amide bonds. The minimum atomic E-state index is -0.435. The van der Waals surface area contributed by atoms with Crippen molar-refractivity contribution < 1.29 is 9.72 Å². The molecule has 8 heteroatoms. The van der Waals surface area contributed by atoms with Crippen molar-refractivity contribution >= 4 is 38.7 Å². The van der Waals surface area contributed by atoms with Crippen LogP contribution in [0.4, 0.5) is 11.4 Å². The zero-order valence-corrected chi connectivity index (χ0v) is 16.8. The SMILES string of the molecule is O=C(Nc1ccc(-c2ncc3n2CCCC3)cc1)c1cc2cc([N+](=O)[O-])ccc2s1. The van der Waals surface area contributed by atoms with Crippen LogP contribution in [0.3, 0.4) is 0 Å². The van der Waals surface area contributed by atoms with Crippen molar-refractivity contribution in [3.8, 4) is 11.4 Å². The third-order valence-corrected chi connectivity index (χ3v) is 6.45. The first-order chi connectivity index (χ1) is 14.6. The summed E-state index contributed by atoms with van der Waals surface area (Å²) in [7, 11) is 0. The molecule has 0 fully saturated rings. The maximum Gasteiger partial charge on any atom is 0.270 e. The van der Waals surface area contributed by atoms with Gasteiger partial charge in [-0.2, -0.15) is 0 Å². The molecule has 0 radical (unpaired) electrons. The van der Waals surface area contributed by atoms with Crippen LogP contribution in [0.1, 0.15) is 28.2 Å². The first-order valence-electron chi connectivity index (χ1n) is 9.73. The number of amides is 1. The number of hydrogen-bond donors (Lipinski definition) is 1. The number of carbonyl (C=O) groups excluding carboxylic acids is 1. The Hall–Kier alpha value is -3.52. The Morgan fingerprint density at radius 2 is 1.97 bits per heavy atom. The molecule has 2 aromatic carbocycles. The number of nitrogens with one attached hydrogen (secondary N) is 1. The molecule has 0 unspecified atom stereocenters. The fourth-order valence-corrected chi connectivity index (χ4v) is 4.76. The van der Waals surface area contributed by atoms with E-state index in [1.165, 1.54) is 42.0 Å². The molecule has 4 aromatic rings. The number of rotatable bonds is 4. The summed E-state index contributed by atoms with van der Waals surface area (Å²) in [6.07, 6.45) is 5.40. The van der Waals surface area contributed by atoms with Crippen molar-refractivity contribution in [1.29, 1.82) is 0 Å². The molecule has 0 bridgehead atoms. The lowest BCUT2D eigenvalue weighted by Gasteiger charge is -2.16. The van der Waals surface area contributed by atoms with Crippen molar-refractivity contribution in [2.45, 2.75) is 25.8 Å². The molecule has 0 saturated heterocycles. The van der Waals surface area contributed by atoms with Gasteiger partial charge in [-0.15, -0.1) is 11.3 Å². The highest BCUT2D eigenvalue weighted by molar-refractivity contribution is 7.20. The normalized spacial score (nSPS) is 13.2. The number of thiophene rings is 1. The first kappa shape index (κ1) is 18.5. The highest BCUT2D eigenvalue weighted by atomic mass is 32.1. The van der Waals surface area contributed by atoms with Crippen LogP contribution < -0.4 is 5.32 Å². The third kappa shape index (κ3) is 3.35. The zero-order chi connectivity index (χ0) is 20.7. The fourth-order valence-electron chi connectivity index (χ4n) is 3.82. The lowest BCUT2D eigenvalue weighted by Crippen LogP contribution is -2.11. The molecule has 2 aromatic heterocycles. The van der Waals surface area contributed by atoms with E-state index in [0.717, 1.165) is 29.1 Å². The van der Waals surface area contributed by atoms with E-state index in [1.807, 2.05) is 30.5 Å².